The molecule has 0 spiro atoms. The maximum absolute atomic E-state index is 14.6. The molecule has 2 atom stereocenters. The molecular weight excluding hydrogens is 413 g/mol. The molecule has 9 heteroatoms. The zero-order valence-corrected chi connectivity index (χ0v) is 18.3. The number of carbonyl (C=O) groups is 1. The molecule has 1 aliphatic rings. The standard InChI is InChI=1S/C23H26FN5O3/c1-15-9-10-16(32-21-18(23(2,3)31)7-5-11-25-21)14-28(15)22(30)17-6-4-8-19(24)20(17)29-26-12-13-27-29/h4-8,11-13,15-16,31H,9-10,14H2,1-3H3/t15-,16+/m1/s1. The summed E-state index contributed by atoms with van der Waals surface area (Å²) in [7, 11) is 0. The number of para-hydroxylation sites is 1. The molecule has 0 aliphatic carbocycles. The van der Waals surface area contributed by atoms with Gasteiger partial charge in [0, 0.05) is 17.8 Å². The highest BCUT2D eigenvalue weighted by molar-refractivity contribution is 5.98. The minimum atomic E-state index is -1.12. The summed E-state index contributed by atoms with van der Waals surface area (Å²) in [4.78, 5) is 20.6. The second kappa shape index (κ2) is 8.66. The van der Waals surface area contributed by atoms with Crippen molar-refractivity contribution >= 4 is 5.91 Å². The first-order valence-corrected chi connectivity index (χ1v) is 10.6. The first-order chi connectivity index (χ1) is 15.3. The SMILES string of the molecule is C[C@@H]1CC[C@H](Oc2ncccc2C(C)(C)O)CN1C(=O)c1cccc(F)c1-n1nccn1. The van der Waals surface area contributed by atoms with E-state index >= 15 is 0 Å². The number of pyridine rings is 1. The zero-order valence-electron chi connectivity index (χ0n) is 18.3. The van der Waals surface area contributed by atoms with Crippen LogP contribution in [0.25, 0.3) is 5.69 Å². The molecule has 168 valence electrons. The first kappa shape index (κ1) is 21.9. The van der Waals surface area contributed by atoms with E-state index < -0.39 is 11.4 Å². The van der Waals surface area contributed by atoms with E-state index in [4.69, 9.17) is 4.74 Å². The van der Waals surface area contributed by atoms with Crippen molar-refractivity contribution in [2.75, 3.05) is 6.54 Å². The average Bonchev–Trinajstić information content (AvgIpc) is 3.28. The number of halogens is 1. The molecule has 1 aliphatic heterocycles. The molecule has 0 saturated carbocycles. The van der Waals surface area contributed by atoms with Crippen LogP contribution in [0, 0.1) is 5.82 Å². The molecule has 0 radical (unpaired) electrons. The molecule has 1 fully saturated rings. The fraction of sp³-hybridized carbons (Fsp3) is 0.391. The number of hydrogen-bond acceptors (Lipinski definition) is 6. The average molecular weight is 439 g/mol. The Morgan fingerprint density at radius 2 is 1.91 bits per heavy atom. The van der Waals surface area contributed by atoms with Crippen molar-refractivity contribution in [3.8, 4) is 11.6 Å². The topological polar surface area (TPSA) is 93.4 Å². The van der Waals surface area contributed by atoms with E-state index in [1.54, 1.807) is 43.1 Å². The van der Waals surface area contributed by atoms with Gasteiger partial charge in [-0.3, -0.25) is 4.79 Å². The van der Waals surface area contributed by atoms with Gasteiger partial charge in [0.2, 0.25) is 5.88 Å². The summed E-state index contributed by atoms with van der Waals surface area (Å²) in [6.07, 6.45) is 5.60. The number of carbonyl (C=O) groups excluding carboxylic acids is 1. The van der Waals surface area contributed by atoms with E-state index in [0.29, 0.717) is 24.4 Å². The van der Waals surface area contributed by atoms with E-state index in [1.165, 1.54) is 24.5 Å². The molecule has 1 amide bonds. The molecule has 0 unspecified atom stereocenters. The van der Waals surface area contributed by atoms with Crippen molar-refractivity contribution in [3.63, 3.8) is 0 Å². The van der Waals surface area contributed by atoms with Gasteiger partial charge in [-0.05, 0) is 57.9 Å². The van der Waals surface area contributed by atoms with Crippen molar-refractivity contribution in [2.45, 2.75) is 51.4 Å². The van der Waals surface area contributed by atoms with Gasteiger partial charge in [-0.15, -0.1) is 4.80 Å². The third-order valence-electron chi connectivity index (χ3n) is 5.64. The Morgan fingerprint density at radius 1 is 1.16 bits per heavy atom. The van der Waals surface area contributed by atoms with Gasteiger partial charge in [-0.25, -0.2) is 9.37 Å². The van der Waals surface area contributed by atoms with Crippen molar-refractivity contribution in [1.82, 2.24) is 24.9 Å². The van der Waals surface area contributed by atoms with E-state index in [0.717, 1.165) is 11.2 Å². The van der Waals surface area contributed by atoms with Gasteiger partial charge < -0.3 is 14.7 Å². The molecule has 3 aromatic rings. The smallest absolute Gasteiger partial charge is 0.256 e. The minimum Gasteiger partial charge on any atom is -0.472 e. The Morgan fingerprint density at radius 3 is 2.62 bits per heavy atom. The molecule has 1 aromatic carbocycles. The number of likely N-dealkylation sites (tertiary alicyclic amines) is 1. The molecular formula is C23H26FN5O3. The van der Waals surface area contributed by atoms with E-state index in [2.05, 4.69) is 15.2 Å². The molecule has 1 N–H and O–H groups in total. The molecule has 4 rings (SSSR count). The van der Waals surface area contributed by atoms with E-state index in [9.17, 15) is 14.3 Å². The third kappa shape index (κ3) is 4.34. The summed E-state index contributed by atoms with van der Waals surface area (Å²) in [5.74, 6) is -0.548. The molecule has 8 nitrogen and oxygen atoms in total. The Bertz CT molecular complexity index is 1100. The maximum atomic E-state index is 14.6. The van der Waals surface area contributed by atoms with Crippen molar-refractivity contribution in [1.29, 1.82) is 0 Å². The minimum absolute atomic E-state index is 0.0202. The molecule has 3 heterocycles. The summed E-state index contributed by atoms with van der Waals surface area (Å²) in [5.41, 5.74) is -0.335. The number of aliphatic hydroxyl groups is 1. The van der Waals surface area contributed by atoms with E-state index in [-0.39, 0.29) is 29.3 Å². The first-order valence-electron chi connectivity index (χ1n) is 10.6. The monoisotopic (exact) mass is 439 g/mol. The number of ether oxygens (including phenoxy) is 1. The maximum Gasteiger partial charge on any atom is 0.256 e. The summed E-state index contributed by atoms with van der Waals surface area (Å²) in [6, 6.07) is 7.82. The summed E-state index contributed by atoms with van der Waals surface area (Å²) < 4.78 is 20.8. The van der Waals surface area contributed by atoms with Gasteiger partial charge >= 0.3 is 0 Å². The number of hydrogen-bond donors (Lipinski definition) is 1. The van der Waals surface area contributed by atoms with Crippen LogP contribution in [-0.2, 0) is 5.60 Å². The summed E-state index contributed by atoms with van der Waals surface area (Å²) in [6.45, 7) is 5.61. The fourth-order valence-corrected chi connectivity index (χ4v) is 3.94. The predicted molar refractivity (Wildman–Crippen MR) is 115 cm³/mol. The van der Waals surface area contributed by atoms with E-state index in [1.807, 2.05) is 6.92 Å². The van der Waals surface area contributed by atoms with Gasteiger partial charge in [0.1, 0.15) is 11.8 Å². The molecule has 0 bridgehead atoms. The van der Waals surface area contributed by atoms with Crippen LogP contribution in [-0.4, -0.2) is 54.6 Å². The van der Waals surface area contributed by atoms with Gasteiger partial charge in [-0.2, -0.15) is 10.2 Å². The van der Waals surface area contributed by atoms with Gasteiger partial charge in [-0.1, -0.05) is 6.07 Å². The van der Waals surface area contributed by atoms with Crippen molar-refractivity contribution in [2.24, 2.45) is 0 Å². The highest BCUT2D eigenvalue weighted by atomic mass is 19.1. The zero-order chi connectivity index (χ0) is 22.9. The van der Waals surface area contributed by atoms with Gasteiger partial charge in [0.05, 0.1) is 30.1 Å². The van der Waals surface area contributed by atoms with Crippen LogP contribution in [0.15, 0.2) is 48.9 Å². The highest BCUT2D eigenvalue weighted by Gasteiger charge is 2.34. The Hall–Kier alpha value is -3.33. The lowest BCUT2D eigenvalue weighted by atomic mass is 9.98. The molecule has 1 saturated heterocycles. The van der Waals surface area contributed by atoms with Gasteiger partial charge in [0.15, 0.2) is 5.82 Å². The number of rotatable bonds is 5. The second-order valence-corrected chi connectivity index (χ2v) is 8.49. The Kier molecular flexibility index (Phi) is 5.92. The van der Waals surface area contributed by atoms with Crippen LogP contribution < -0.4 is 4.74 Å². The third-order valence-corrected chi connectivity index (χ3v) is 5.64. The lowest BCUT2D eigenvalue weighted by Gasteiger charge is -2.38. The lowest BCUT2D eigenvalue weighted by molar-refractivity contribution is 0.0325. The lowest BCUT2D eigenvalue weighted by Crippen LogP contribution is -2.49. The van der Waals surface area contributed by atoms with Crippen molar-refractivity contribution in [3.05, 3.63) is 65.9 Å². The largest absolute Gasteiger partial charge is 0.472 e. The van der Waals surface area contributed by atoms with Gasteiger partial charge in [0.25, 0.3) is 5.91 Å². The van der Waals surface area contributed by atoms with Crippen LogP contribution in [0.3, 0.4) is 0 Å². The van der Waals surface area contributed by atoms with Crippen LogP contribution in [0.4, 0.5) is 4.39 Å². The highest BCUT2D eigenvalue weighted by Crippen LogP contribution is 2.30. The summed E-state index contributed by atoms with van der Waals surface area (Å²) >= 11 is 0. The Balaban J connectivity index is 1.60. The summed E-state index contributed by atoms with van der Waals surface area (Å²) in [5, 5.41) is 18.4. The Labute approximate surface area is 185 Å². The normalized spacial score (nSPS) is 19.1. The van der Waals surface area contributed by atoms with Crippen LogP contribution >= 0.6 is 0 Å². The quantitative estimate of drug-likeness (QED) is 0.657. The number of nitrogens with zero attached hydrogens (tertiary/aromatic N) is 5. The number of benzene rings is 1. The number of piperidine rings is 1. The second-order valence-electron chi connectivity index (χ2n) is 8.49. The van der Waals surface area contributed by atoms with Crippen LogP contribution in [0.2, 0.25) is 0 Å². The number of amides is 1. The fourth-order valence-electron chi connectivity index (χ4n) is 3.94. The predicted octanol–water partition coefficient (Wildman–Crippen LogP) is 3.10. The van der Waals surface area contributed by atoms with Crippen LogP contribution in [0.1, 0.15) is 49.5 Å². The molecule has 2 aromatic heterocycles. The van der Waals surface area contributed by atoms with Crippen LogP contribution in [0.5, 0.6) is 5.88 Å². The molecule has 32 heavy (non-hydrogen) atoms. The number of aromatic nitrogens is 4. The van der Waals surface area contributed by atoms with Crippen molar-refractivity contribution < 1.29 is 19.0 Å².